The molecule has 1 rings (SSSR count). The summed E-state index contributed by atoms with van der Waals surface area (Å²) in [6.45, 7) is 2.70. The van der Waals surface area contributed by atoms with Gasteiger partial charge in [-0.15, -0.1) is 0 Å². The summed E-state index contributed by atoms with van der Waals surface area (Å²) in [4.78, 5) is 0. The van der Waals surface area contributed by atoms with Crippen LogP contribution in [0.15, 0.2) is 12.2 Å². The lowest BCUT2D eigenvalue weighted by atomic mass is 10.1. The highest BCUT2D eigenvalue weighted by atomic mass is 16.6. The highest BCUT2D eigenvalue weighted by molar-refractivity contribution is 4.88. The van der Waals surface area contributed by atoms with Gasteiger partial charge < -0.3 is 24.8 Å². The number of unbranched alkanes of at least 4 members (excludes halogenated alkanes) is 14. The van der Waals surface area contributed by atoms with Crippen molar-refractivity contribution in [2.24, 2.45) is 0 Å². The smallest absolute Gasteiger partial charge is 0.114 e. The van der Waals surface area contributed by atoms with E-state index in [2.05, 4.69) is 19.1 Å². The molecule has 31 heavy (non-hydrogen) atoms. The Hall–Kier alpha value is -0.460. The van der Waals surface area contributed by atoms with Crippen molar-refractivity contribution in [1.82, 2.24) is 0 Å². The quantitative estimate of drug-likeness (QED) is 0.166. The predicted octanol–water partition coefficient (Wildman–Crippen LogP) is 5.30. The van der Waals surface area contributed by atoms with Crippen molar-refractivity contribution in [3.05, 3.63) is 12.2 Å². The van der Waals surface area contributed by atoms with Crippen LogP contribution in [0, 0.1) is 0 Å². The first-order valence-electron chi connectivity index (χ1n) is 13.1. The van der Waals surface area contributed by atoms with Gasteiger partial charge in [-0.3, -0.25) is 0 Å². The molecule has 4 atom stereocenters. The topological polar surface area (TPSA) is 79.2 Å². The lowest BCUT2D eigenvalue weighted by Gasteiger charge is -2.24. The van der Waals surface area contributed by atoms with Crippen molar-refractivity contribution in [3.63, 3.8) is 0 Å². The minimum absolute atomic E-state index is 0.0956. The standard InChI is InChI=1S/C26H50O5/c1-2-3-4-5-6-7-8-9-10-11-12-13-14-15-16-17-18-19-20-30-24(21-27)26-25(29)23(28)22-31-26/h13-14,23-29H,2-12,15-22H2,1H3/b14-13+/t23-,24+,25+,26+/m1/s1. The third-order valence-corrected chi connectivity index (χ3v) is 6.22. The first-order valence-corrected chi connectivity index (χ1v) is 13.1. The van der Waals surface area contributed by atoms with Crippen LogP contribution in [0.1, 0.15) is 110 Å². The zero-order chi connectivity index (χ0) is 22.6. The molecule has 0 amide bonds. The number of hydrogen-bond donors (Lipinski definition) is 3. The largest absolute Gasteiger partial charge is 0.394 e. The van der Waals surface area contributed by atoms with Crippen molar-refractivity contribution >= 4 is 0 Å². The van der Waals surface area contributed by atoms with Gasteiger partial charge in [0, 0.05) is 6.61 Å². The van der Waals surface area contributed by atoms with Gasteiger partial charge in [-0.2, -0.15) is 0 Å². The van der Waals surface area contributed by atoms with E-state index in [4.69, 9.17) is 9.47 Å². The fourth-order valence-corrected chi connectivity index (χ4v) is 4.14. The normalized spacial score (nSPS) is 22.5. The van der Waals surface area contributed by atoms with E-state index in [1.807, 2.05) is 0 Å². The molecule has 0 bridgehead atoms. The molecular weight excluding hydrogens is 392 g/mol. The van der Waals surface area contributed by atoms with Crippen LogP contribution in [0.5, 0.6) is 0 Å². The average molecular weight is 443 g/mol. The molecule has 0 aromatic carbocycles. The Morgan fingerprint density at radius 1 is 0.806 bits per heavy atom. The van der Waals surface area contributed by atoms with E-state index in [-0.39, 0.29) is 13.2 Å². The molecule has 1 fully saturated rings. The van der Waals surface area contributed by atoms with Gasteiger partial charge in [0.1, 0.15) is 24.4 Å². The molecule has 1 aliphatic heterocycles. The van der Waals surface area contributed by atoms with Gasteiger partial charge in [0.25, 0.3) is 0 Å². The maximum Gasteiger partial charge on any atom is 0.114 e. The van der Waals surface area contributed by atoms with Crippen molar-refractivity contribution in [2.45, 2.75) is 134 Å². The van der Waals surface area contributed by atoms with Gasteiger partial charge in [0.05, 0.1) is 13.2 Å². The van der Waals surface area contributed by atoms with Crippen LogP contribution in [0.4, 0.5) is 0 Å². The molecule has 5 heteroatoms. The Kier molecular flexibility index (Phi) is 18.6. The highest BCUT2D eigenvalue weighted by Crippen LogP contribution is 2.20. The van der Waals surface area contributed by atoms with Crippen molar-refractivity contribution < 1.29 is 24.8 Å². The van der Waals surface area contributed by atoms with Crippen molar-refractivity contribution in [3.8, 4) is 0 Å². The number of allylic oxidation sites excluding steroid dienone is 2. The second kappa shape index (κ2) is 20.2. The van der Waals surface area contributed by atoms with Gasteiger partial charge in [-0.25, -0.2) is 0 Å². The summed E-state index contributed by atoms with van der Waals surface area (Å²) >= 11 is 0. The highest BCUT2D eigenvalue weighted by Gasteiger charge is 2.40. The molecule has 3 N–H and O–H groups in total. The van der Waals surface area contributed by atoms with Crippen molar-refractivity contribution in [2.75, 3.05) is 19.8 Å². The van der Waals surface area contributed by atoms with Gasteiger partial charge in [-0.05, 0) is 32.1 Å². The molecule has 0 radical (unpaired) electrons. The van der Waals surface area contributed by atoms with Crippen LogP contribution < -0.4 is 0 Å². The third kappa shape index (κ3) is 14.3. The Morgan fingerprint density at radius 3 is 1.81 bits per heavy atom. The monoisotopic (exact) mass is 442 g/mol. The number of aliphatic hydroxyl groups is 3. The summed E-state index contributed by atoms with van der Waals surface area (Å²) < 4.78 is 11.0. The number of aliphatic hydroxyl groups excluding tert-OH is 3. The Balaban J connectivity index is 1.83. The summed E-state index contributed by atoms with van der Waals surface area (Å²) in [5, 5.41) is 28.8. The first-order chi connectivity index (χ1) is 15.2. The predicted molar refractivity (Wildman–Crippen MR) is 127 cm³/mol. The van der Waals surface area contributed by atoms with Crippen LogP contribution >= 0.6 is 0 Å². The molecule has 0 aromatic heterocycles. The molecule has 1 heterocycles. The van der Waals surface area contributed by atoms with E-state index < -0.39 is 24.4 Å². The fourth-order valence-electron chi connectivity index (χ4n) is 4.14. The van der Waals surface area contributed by atoms with Crippen LogP contribution in [0.2, 0.25) is 0 Å². The van der Waals surface area contributed by atoms with Gasteiger partial charge in [0.15, 0.2) is 0 Å². The molecule has 0 spiro atoms. The molecule has 0 aromatic rings. The summed E-state index contributed by atoms with van der Waals surface area (Å²) in [7, 11) is 0. The zero-order valence-electron chi connectivity index (χ0n) is 20.1. The van der Waals surface area contributed by atoms with Crippen LogP contribution in [0.3, 0.4) is 0 Å². The van der Waals surface area contributed by atoms with Gasteiger partial charge in [-0.1, -0.05) is 89.7 Å². The van der Waals surface area contributed by atoms with Crippen LogP contribution in [-0.4, -0.2) is 59.6 Å². The van der Waals surface area contributed by atoms with E-state index >= 15 is 0 Å². The fraction of sp³-hybridized carbons (Fsp3) is 0.923. The molecule has 1 aliphatic rings. The Bertz CT molecular complexity index is 415. The van der Waals surface area contributed by atoms with Crippen molar-refractivity contribution in [1.29, 1.82) is 0 Å². The molecule has 1 saturated heterocycles. The van der Waals surface area contributed by atoms with Crippen LogP contribution in [-0.2, 0) is 9.47 Å². The van der Waals surface area contributed by atoms with E-state index in [9.17, 15) is 15.3 Å². The van der Waals surface area contributed by atoms with Crippen LogP contribution in [0.25, 0.3) is 0 Å². The lowest BCUT2D eigenvalue weighted by Crippen LogP contribution is -2.42. The molecule has 0 aliphatic carbocycles. The van der Waals surface area contributed by atoms with Gasteiger partial charge >= 0.3 is 0 Å². The third-order valence-electron chi connectivity index (χ3n) is 6.22. The molecule has 0 saturated carbocycles. The minimum Gasteiger partial charge on any atom is -0.394 e. The number of rotatable bonds is 21. The number of ether oxygens (including phenoxy) is 2. The van der Waals surface area contributed by atoms with E-state index in [1.165, 1.54) is 83.5 Å². The Labute approximate surface area is 191 Å². The first kappa shape index (κ1) is 28.6. The maximum absolute atomic E-state index is 9.85. The number of hydrogen-bond acceptors (Lipinski definition) is 5. The molecule has 0 unspecified atom stereocenters. The second-order valence-corrected chi connectivity index (χ2v) is 9.09. The Morgan fingerprint density at radius 2 is 1.32 bits per heavy atom. The summed E-state index contributed by atoms with van der Waals surface area (Å²) in [5.41, 5.74) is 0. The van der Waals surface area contributed by atoms with E-state index in [0.717, 1.165) is 19.3 Å². The maximum atomic E-state index is 9.85. The van der Waals surface area contributed by atoms with E-state index in [1.54, 1.807) is 0 Å². The lowest BCUT2D eigenvalue weighted by molar-refractivity contribution is -0.101. The molecular formula is C26H50O5. The zero-order valence-corrected chi connectivity index (χ0v) is 20.1. The summed E-state index contributed by atoms with van der Waals surface area (Å²) in [5.74, 6) is 0. The average Bonchev–Trinajstić information content (AvgIpc) is 3.11. The molecule has 184 valence electrons. The second-order valence-electron chi connectivity index (χ2n) is 9.09. The van der Waals surface area contributed by atoms with E-state index in [0.29, 0.717) is 6.61 Å². The SMILES string of the molecule is CCCCCCCCCCCC/C=C/CCCCCCO[C@@H](CO)[C@@H]1OC[C@@H](O)[C@@H]1O. The van der Waals surface area contributed by atoms with Gasteiger partial charge in [0.2, 0.25) is 0 Å². The summed E-state index contributed by atoms with van der Waals surface area (Å²) in [6.07, 6.45) is 22.3. The molecule has 5 nitrogen and oxygen atoms in total. The summed E-state index contributed by atoms with van der Waals surface area (Å²) in [6, 6.07) is 0. The minimum atomic E-state index is -0.982.